The predicted octanol–water partition coefficient (Wildman–Crippen LogP) is 3.05. The van der Waals surface area contributed by atoms with Crippen molar-refractivity contribution in [3.8, 4) is 6.07 Å². The third-order valence-corrected chi connectivity index (χ3v) is 2.47. The zero-order valence-electron chi connectivity index (χ0n) is 7.40. The normalized spacial score (nSPS) is 11.1. The molecule has 6 heteroatoms. The Kier molecular flexibility index (Phi) is 3.25. The average Bonchev–Trinajstić information content (AvgIpc) is 2.16. The molecule has 1 aromatic rings. The third kappa shape index (κ3) is 2.42. The molecule has 0 aliphatic rings. The number of nitrogens with two attached hydrogens (primary N) is 1. The van der Waals surface area contributed by atoms with Crippen molar-refractivity contribution < 1.29 is 13.2 Å². The zero-order chi connectivity index (χ0) is 11.6. The summed E-state index contributed by atoms with van der Waals surface area (Å²) in [6.07, 6.45) is -4.53. The van der Waals surface area contributed by atoms with Crippen molar-refractivity contribution in [1.82, 2.24) is 0 Å². The molecule has 0 spiro atoms. The number of nitrogens with zero attached hydrogens (tertiary/aromatic N) is 1. The van der Waals surface area contributed by atoms with Gasteiger partial charge in [-0.15, -0.1) is 0 Å². The summed E-state index contributed by atoms with van der Waals surface area (Å²) in [7, 11) is 0. The van der Waals surface area contributed by atoms with Crippen LogP contribution in [0.2, 0.25) is 0 Å². The van der Waals surface area contributed by atoms with Crippen molar-refractivity contribution in [2.75, 3.05) is 5.73 Å². The van der Waals surface area contributed by atoms with Crippen molar-refractivity contribution in [1.29, 1.82) is 5.26 Å². The van der Waals surface area contributed by atoms with Gasteiger partial charge in [0.15, 0.2) is 0 Å². The molecule has 0 atom stereocenters. The number of anilines is 1. The minimum Gasteiger partial charge on any atom is -0.397 e. The molecule has 0 unspecified atom stereocenters. The first-order chi connectivity index (χ1) is 6.90. The number of benzene rings is 1. The Morgan fingerprint density at radius 2 is 2.00 bits per heavy atom. The summed E-state index contributed by atoms with van der Waals surface area (Å²) >= 11 is 3.03. The van der Waals surface area contributed by atoms with Crippen LogP contribution < -0.4 is 5.73 Å². The summed E-state index contributed by atoms with van der Waals surface area (Å²) in [4.78, 5) is 0. The predicted molar refractivity (Wildman–Crippen MR) is 53.2 cm³/mol. The van der Waals surface area contributed by atoms with E-state index in [1.165, 1.54) is 6.07 Å². The maximum atomic E-state index is 12.5. The van der Waals surface area contributed by atoms with Gasteiger partial charge in [-0.3, -0.25) is 0 Å². The van der Waals surface area contributed by atoms with Crippen molar-refractivity contribution in [3.63, 3.8) is 0 Å². The fourth-order valence-electron chi connectivity index (χ4n) is 1.12. The lowest BCUT2D eigenvalue weighted by atomic mass is 10.0. The molecule has 0 aliphatic heterocycles. The lowest BCUT2D eigenvalue weighted by Gasteiger charge is -2.12. The Balaban J connectivity index is 3.46. The van der Waals surface area contributed by atoms with Gasteiger partial charge < -0.3 is 5.73 Å². The molecule has 0 aromatic heterocycles. The molecule has 80 valence electrons. The molecule has 2 N–H and O–H groups in total. The Hall–Kier alpha value is -1.22. The van der Waals surface area contributed by atoms with Crippen LogP contribution in [0.5, 0.6) is 0 Å². The van der Waals surface area contributed by atoms with E-state index < -0.39 is 17.4 Å². The first kappa shape index (κ1) is 11.9. The number of rotatable bonds is 1. The van der Waals surface area contributed by atoms with Crippen LogP contribution in [0.1, 0.15) is 16.7 Å². The summed E-state index contributed by atoms with van der Waals surface area (Å²) in [5.74, 6) is 0. The molecule has 2 nitrogen and oxygen atoms in total. The molecule has 0 amide bonds. The molecule has 0 saturated heterocycles. The largest absolute Gasteiger partial charge is 0.418 e. The Morgan fingerprint density at radius 1 is 1.40 bits per heavy atom. The second-order valence-electron chi connectivity index (χ2n) is 2.85. The van der Waals surface area contributed by atoms with Crippen molar-refractivity contribution in [2.24, 2.45) is 0 Å². The van der Waals surface area contributed by atoms with E-state index in [4.69, 9.17) is 11.0 Å². The van der Waals surface area contributed by atoms with E-state index in [-0.39, 0.29) is 10.9 Å². The smallest absolute Gasteiger partial charge is 0.397 e. The van der Waals surface area contributed by atoms with Crippen molar-refractivity contribution in [3.05, 3.63) is 28.8 Å². The highest BCUT2D eigenvalue weighted by molar-refractivity contribution is 9.08. The number of hydrogen-bond donors (Lipinski definition) is 1. The quantitative estimate of drug-likeness (QED) is 0.634. The molecule has 0 fully saturated rings. The van der Waals surface area contributed by atoms with Gasteiger partial charge in [-0.1, -0.05) is 15.9 Å². The first-order valence-electron chi connectivity index (χ1n) is 3.85. The van der Waals surface area contributed by atoms with Gasteiger partial charge in [-0.05, 0) is 17.7 Å². The average molecular weight is 279 g/mol. The van der Waals surface area contributed by atoms with E-state index in [1.54, 1.807) is 6.07 Å². The maximum absolute atomic E-state index is 12.5. The van der Waals surface area contributed by atoms with E-state index in [1.807, 2.05) is 0 Å². The Bertz CT molecular complexity index is 421. The van der Waals surface area contributed by atoms with E-state index >= 15 is 0 Å². The van der Waals surface area contributed by atoms with Crippen LogP contribution in [-0.4, -0.2) is 0 Å². The molecular formula is C9H6BrF3N2. The van der Waals surface area contributed by atoms with E-state index in [0.717, 1.165) is 6.07 Å². The Labute approximate surface area is 92.6 Å². The van der Waals surface area contributed by atoms with Crippen molar-refractivity contribution in [2.45, 2.75) is 11.5 Å². The number of nitrogen functional groups attached to an aromatic ring is 1. The zero-order valence-corrected chi connectivity index (χ0v) is 8.98. The molecular weight excluding hydrogens is 273 g/mol. The van der Waals surface area contributed by atoms with Crippen LogP contribution in [0, 0.1) is 11.3 Å². The van der Waals surface area contributed by atoms with Gasteiger partial charge in [0, 0.05) is 5.33 Å². The fourth-order valence-corrected chi connectivity index (χ4v) is 1.44. The first-order valence-corrected chi connectivity index (χ1v) is 4.98. The molecule has 0 radical (unpaired) electrons. The molecule has 0 saturated carbocycles. The molecule has 0 bridgehead atoms. The lowest BCUT2D eigenvalue weighted by Crippen LogP contribution is -2.11. The summed E-state index contributed by atoms with van der Waals surface area (Å²) in [5, 5.41) is 8.86. The van der Waals surface area contributed by atoms with Crippen LogP contribution in [-0.2, 0) is 11.5 Å². The third-order valence-electron chi connectivity index (χ3n) is 1.82. The highest BCUT2D eigenvalue weighted by Gasteiger charge is 2.34. The molecule has 0 aliphatic carbocycles. The molecule has 0 heterocycles. The monoisotopic (exact) mass is 278 g/mol. The Morgan fingerprint density at radius 3 is 2.40 bits per heavy atom. The van der Waals surface area contributed by atoms with Gasteiger partial charge in [0.25, 0.3) is 0 Å². The van der Waals surface area contributed by atoms with Crippen LogP contribution in [0.25, 0.3) is 0 Å². The van der Waals surface area contributed by atoms with Crippen LogP contribution in [0.4, 0.5) is 18.9 Å². The highest BCUT2D eigenvalue weighted by Crippen LogP contribution is 2.36. The topological polar surface area (TPSA) is 49.8 Å². The van der Waals surface area contributed by atoms with Crippen LogP contribution in [0.15, 0.2) is 12.1 Å². The standard InChI is InChI=1S/C9H6BrF3N2/c10-3-5-1-6(4-14)8(15)7(2-5)9(11,12)13/h1-2H,3,15H2. The van der Waals surface area contributed by atoms with Gasteiger partial charge >= 0.3 is 6.18 Å². The van der Waals surface area contributed by atoms with Crippen molar-refractivity contribution >= 4 is 21.6 Å². The van der Waals surface area contributed by atoms with E-state index in [0.29, 0.717) is 5.56 Å². The van der Waals surface area contributed by atoms with E-state index in [9.17, 15) is 13.2 Å². The summed E-state index contributed by atoms with van der Waals surface area (Å²) < 4.78 is 37.4. The van der Waals surface area contributed by atoms with Gasteiger partial charge in [0.1, 0.15) is 6.07 Å². The maximum Gasteiger partial charge on any atom is 0.418 e. The SMILES string of the molecule is N#Cc1cc(CBr)cc(C(F)(F)F)c1N. The number of nitriles is 1. The molecule has 1 aromatic carbocycles. The second-order valence-corrected chi connectivity index (χ2v) is 3.41. The van der Waals surface area contributed by atoms with Crippen LogP contribution in [0.3, 0.4) is 0 Å². The van der Waals surface area contributed by atoms with Gasteiger partial charge in [-0.25, -0.2) is 0 Å². The summed E-state index contributed by atoms with van der Waals surface area (Å²) in [6, 6.07) is 3.90. The fraction of sp³-hybridized carbons (Fsp3) is 0.222. The molecule has 15 heavy (non-hydrogen) atoms. The minimum absolute atomic E-state index is 0.153. The highest BCUT2D eigenvalue weighted by atomic mass is 79.9. The van der Waals surface area contributed by atoms with Gasteiger partial charge in [0.2, 0.25) is 0 Å². The van der Waals surface area contributed by atoms with Gasteiger partial charge in [0.05, 0.1) is 16.8 Å². The summed E-state index contributed by atoms with van der Waals surface area (Å²) in [5.41, 5.74) is 3.98. The summed E-state index contributed by atoms with van der Waals surface area (Å²) in [6.45, 7) is 0. The van der Waals surface area contributed by atoms with Gasteiger partial charge in [-0.2, -0.15) is 18.4 Å². The number of hydrogen-bond acceptors (Lipinski definition) is 2. The van der Waals surface area contributed by atoms with Crippen LogP contribution >= 0.6 is 15.9 Å². The van der Waals surface area contributed by atoms with E-state index in [2.05, 4.69) is 15.9 Å². The minimum atomic E-state index is -4.53. The lowest BCUT2D eigenvalue weighted by molar-refractivity contribution is -0.136. The number of halogens is 4. The second kappa shape index (κ2) is 4.11. The molecule has 1 rings (SSSR count). The number of alkyl halides is 4.